The van der Waals surface area contributed by atoms with E-state index in [0.29, 0.717) is 5.69 Å². The first-order valence-corrected chi connectivity index (χ1v) is 8.12. The van der Waals surface area contributed by atoms with Crippen LogP contribution in [0.4, 0.5) is 16.2 Å². The molecule has 3 amide bonds. The molecule has 7 heteroatoms. The Balaban J connectivity index is 1.93. The first-order chi connectivity index (χ1) is 12.4. The number of hydrogen-bond donors (Lipinski definition) is 3. The highest BCUT2D eigenvalue weighted by molar-refractivity contribution is 5.96. The van der Waals surface area contributed by atoms with Gasteiger partial charge < -0.3 is 21.1 Å². The highest BCUT2D eigenvalue weighted by Crippen LogP contribution is 2.21. The highest BCUT2D eigenvalue weighted by atomic mass is 16.5. The van der Waals surface area contributed by atoms with Gasteiger partial charge in [0.2, 0.25) is 0 Å². The van der Waals surface area contributed by atoms with Gasteiger partial charge in [-0.05, 0) is 48.7 Å². The number of amides is 3. The van der Waals surface area contributed by atoms with Crippen molar-refractivity contribution in [1.29, 1.82) is 0 Å². The lowest BCUT2D eigenvalue weighted by molar-refractivity contribution is -0.119. The smallest absolute Gasteiger partial charge is 0.338 e. The van der Waals surface area contributed by atoms with Crippen LogP contribution in [0.2, 0.25) is 0 Å². The van der Waals surface area contributed by atoms with E-state index in [1.165, 1.54) is 24.3 Å². The summed E-state index contributed by atoms with van der Waals surface area (Å²) in [5.41, 5.74) is 8.44. The third kappa shape index (κ3) is 5.07. The minimum atomic E-state index is -0.695. The summed E-state index contributed by atoms with van der Waals surface area (Å²) in [5.74, 6) is -1.04. The van der Waals surface area contributed by atoms with Gasteiger partial charge in [-0.25, -0.2) is 9.59 Å². The van der Waals surface area contributed by atoms with E-state index >= 15 is 0 Å². The summed E-state index contributed by atoms with van der Waals surface area (Å²) < 4.78 is 5.03. The molecule has 0 aromatic heterocycles. The van der Waals surface area contributed by atoms with E-state index < -0.39 is 24.5 Å². The minimum Gasteiger partial charge on any atom is -0.452 e. The topological polar surface area (TPSA) is 111 Å². The van der Waals surface area contributed by atoms with E-state index in [9.17, 15) is 14.4 Å². The number of para-hydroxylation sites is 1. The molecule has 0 aliphatic rings. The lowest BCUT2D eigenvalue weighted by Gasteiger charge is -2.13. The molecular weight excluding hydrogens is 334 g/mol. The standard InChI is InChI=1S/C19H21N3O4/c1-3-13-6-4-5-12(2)17(13)22-16(23)11-26-18(24)14-7-9-15(10-8-14)21-19(20)25/h4-10H,3,11H2,1-2H3,(H,22,23)(H3,20,21,25). The molecule has 0 saturated carbocycles. The summed E-state index contributed by atoms with van der Waals surface area (Å²) in [6.07, 6.45) is 0.781. The molecule has 0 spiro atoms. The van der Waals surface area contributed by atoms with Crippen LogP contribution in [0.5, 0.6) is 0 Å². The summed E-state index contributed by atoms with van der Waals surface area (Å²) in [7, 11) is 0. The number of hydrogen-bond acceptors (Lipinski definition) is 4. The Hall–Kier alpha value is -3.35. The Kier molecular flexibility index (Phi) is 6.32. The van der Waals surface area contributed by atoms with Gasteiger partial charge in [-0.3, -0.25) is 4.79 Å². The van der Waals surface area contributed by atoms with Gasteiger partial charge in [-0.15, -0.1) is 0 Å². The second-order valence-corrected chi connectivity index (χ2v) is 5.65. The van der Waals surface area contributed by atoms with E-state index in [4.69, 9.17) is 10.5 Å². The Morgan fingerprint density at radius 2 is 1.73 bits per heavy atom. The van der Waals surface area contributed by atoms with Gasteiger partial charge in [-0.2, -0.15) is 0 Å². The fraction of sp³-hybridized carbons (Fsp3) is 0.211. The SMILES string of the molecule is CCc1cccc(C)c1NC(=O)COC(=O)c1ccc(NC(N)=O)cc1. The second kappa shape index (κ2) is 8.66. The van der Waals surface area contributed by atoms with Crippen molar-refractivity contribution in [3.05, 3.63) is 59.2 Å². The molecule has 0 bridgehead atoms. The Bertz CT molecular complexity index is 816. The van der Waals surface area contributed by atoms with Crippen LogP contribution in [0.1, 0.15) is 28.4 Å². The molecule has 0 atom stereocenters. The van der Waals surface area contributed by atoms with Gasteiger partial charge in [0.15, 0.2) is 6.61 Å². The Morgan fingerprint density at radius 3 is 2.35 bits per heavy atom. The third-order valence-corrected chi connectivity index (χ3v) is 3.73. The van der Waals surface area contributed by atoms with Gasteiger partial charge >= 0.3 is 12.0 Å². The van der Waals surface area contributed by atoms with Gasteiger partial charge in [0.05, 0.1) is 5.56 Å². The van der Waals surface area contributed by atoms with Crippen LogP contribution in [-0.2, 0) is 16.0 Å². The highest BCUT2D eigenvalue weighted by Gasteiger charge is 2.13. The number of primary amides is 1. The quantitative estimate of drug-likeness (QED) is 0.692. The van der Waals surface area contributed by atoms with Gasteiger partial charge in [0, 0.05) is 11.4 Å². The maximum Gasteiger partial charge on any atom is 0.338 e. The van der Waals surface area contributed by atoms with Crippen molar-refractivity contribution >= 4 is 29.3 Å². The number of urea groups is 1. The van der Waals surface area contributed by atoms with Crippen LogP contribution >= 0.6 is 0 Å². The van der Waals surface area contributed by atoms with Crippen LogP contribution < -0.4 is 16.4 Å². The second-order valence-electron chi connectivity index (χ2n) is 5.65. The molecule has 0 saturated heterocycles. The molecule has 2 aromatic carbocycles. The lowest BCUT2D eigenvalue weighted by atomic mass is 10.1. The predicted molar refractivity (Wildman–Crippen MR) is 99.1 cm³/mol. The number of rotatable bonds is 6. The number of anilines is 2. The largest absolute Gasteiger partial charge is 0.452 e. The fourth-order valence-electron chi connectivity index (χ4n) is 2.42. The first kappa shape index (κ1) is 19.0. The zero-order chi connectivity index (χ0) is 19.1. The molecule has 2 aromatic rings. The average molecular weight is 355 g/mol. The van der Waals surface area contributed by atoms with Crippen molar-refractivity contribution in [2.75, 3.05) is 17.2 Å². The van der Waals surface area contributed by atoms with E-state index in [0.717, 1.165) is 23.2 Å². The number of carbonyl (C=O) groups is 3. The van der Waals surface area contributed by atoms with Crippen molar-refractivity contribution in [3.63, 3.8) is 0 Å². The molecule has 136 valence electrons. The van der Waals surface area contributed by atoms with Gasteiger partial charge in [0.1, 0.15) is 0 Å². The van der Waals surface area contributed by atoms with Crippen molar-refractivity contribution in [2.24, 2.45) is 5.73 Å². The predicted octanol–water partition coefficient (Wildman–Crippen LogP) is 2.84. The maximum absolute atomic E-state index is 12.1. The molecule has 0 aliphatic heterocycles. The van der Waals surface area contributed by atoms with E-state index in [2.05, 4.69) is 10.6 Å². The van der Waals surface area contributed by atoms with Crippen LogP contribution in [0.3, 0.4) is 0 Å². The lowest BCUT2D eigenvalue weighted by Crippen LogP contribution is -2.22. The summed E-state index contributed by atoms with van der Waals surface area (Å²) in [5, 5.41) is 5.18. The number of aryl methyl sites for hydroxylation is 2. The summed E-state index contributed by atoms with van der Waals surface area (Å²) in [6.45, 7) is 3.52. The molecule has 2 rings (SSSR count). The normalized spacial score (nSPS) is 10.1. The summed E-state index contributed by atoms with van der Waals surface area (Å²) in [6, 6.07) is 11.1. The molecule has 4 N–H and O–H groups in total. The molecule has 0 fully saturated rings. The number of nitrogens with two attached hydrogens (primary N) is 1. The number of esters is 1. The number of carbonyl (C=O) groups excluding carboxylic acids is 3. The van der Waals surface area contributed by atoms with Gasteiger partial charge in [0.25, 0.3) is 5.91 Å². The fourth-order valence-corrected chi connectivity index (χ4v) is 2.42. The van der Waals surface area contributed by atoms with Crippen molar-refractivity contribution in [3.8, 4) is 0 Å². The van der Waals surface area contributed by atoms with Crippen LogP contribution in [0.25, 0.3) is 0 Å². The van der Waals surface area contributed by atoms with E-state index in [1.54, 1.807) is 0 Å². The molecule has 0 aliphatic carbocycles. The van der Waals surface area contributed by atoms with E-state index in [-0.39, 0.29) is 5.56 Å². The summed E-state index contributed by atoms with van der Waals surface area (Å²) in [4.78, 5) is 34.9. The number of benzene rings is 2. The molecule has 7 nitrogen and oxygen atoms in total. The molecule has 0 heterocycles. The van der Waals surface area contributed by atoms with Crippen LogP contribution in [0, 0.1) is 6.92 Å². The van der Waals surface area contributed by atoms with E-state index in [1.807, 2.05) is 32.0 Å². The zero-order valence-electron chi connectivity index (χ0n) is 14.7. The maximum atomic E-state index is 12.1. The number of nitrogens with one attached hydrogen (secondary N) is 2. The Morgan fingerprint density at radius 1 is 1.04 bits per heavy atom. The van der Waals surface area contributed by atoms with Crippen LogP contribution in [0.15, 0.2) is 42.5 Å². The number of ether oxygens (including phenoxy) is 1. The van der Waals surface area contributed by atoms with Crippen molar-refractivity contribution in [1.82, 2.24) is 0 Å². The monoisotopic (exact) mass is 355 g/mol. The van der Waals surface area contributed by atoms with Crippen molar-refractivity contribution < 1.29 is 19.1 Å². The minimum absolute atomic E-state index is 0.262. The average Bonchev–Trinajstić information content (AvgIpc) is 2.61. The molecule has 0 unspecified atom stereocenters. The Labute approximate surface area is 151 Å². The summed E-state index contributed by atoms with van der Waals surface area (Å²) >= 11 is 0. The first-order valence-electron chi connectivity index (χ1n) is 8.12. The van der Waals surface area contributed by atoms with Gasteiger partial charge in [-0.1, -0.05) is 25.1 Å². The molecule has 0 radical (unpaired) electrons. The van der Waals surface area contributed by atoms with Crippen molar-refractivity contribution in [2.45, 2.75) is 20.3 Å². The third-order valence-electron chi connectivity index (χ3n) is 3.73. The van der Waals surface area contributed by atoms with Crippen LogP contribution in [-0.4, -0.2) is 24.5 Å². The zero-order valence-corrected chi connectivity index (χ0v) is 14.7. The molecular formula is C19H21N3O4. The molecule has 26 heavy (non-hydrogen) atoms.